The average Bonchev–Trinajstić information content (AvgIpc) is 1.87. The molecule has 0 rings (SSSR count). The van der Waals surface area contributed by atoms with Crippen LogP contribution in [0.5, 0.6) is 0 Å². The number of carbonyl (C=O) groups excluding carboxylic acids is 2. The van der Waals surface area contributed by atoms with E-state index in [9.17, 15) is 9.59 Å². The second-order valence-corrected chi connectivity index (χ2v) is 1.33. The van der Waals surface area contributed by atoms with Gasteiger partial charge in [0, 0.05) is 37.7 Å². The van der Waals surface area contributed by atoms with Gasteiger partial charge in [0.1, 0.15) is 6.42 Å². The molecule has 0 saturated heterocycles. The first kappa shape index (κ1) is 12.8. The van der Waals surface area contributed by atoms with Crippen LogP contribution in [0.1, 0.15) is 6.42 Å². The molecule has 0 spiro atoms. The van der Waals surface area contributed by atoms with Crippen molar-refractivity contribution in [2.45, 2.75) is 6.42 Å². The Labute approximate surface area is 88.9 Å². The minimum atomic E-state index is -0.582. The number of ether oxygens (including phenoxy) is 2. The molecule has 0 aromatic carbocycles. The van der Waals surface area contributed by atoms with Crippen molar-refractivity contribution < 1.29 is 19.1 Å². The molecule has 0 saturated carbocycles. The predicted octanol–water partition coefficient (Wildman–Crippen LogP) is -0.658. The SMILES string of the molecule is COC(=O)CC(=O)OC.[Ca]. The number of hydrogen-bond donors (Lipinski definition) is 0. The maximum Gasteiger partial charge on any atom is 0.316 e. The van der Waals surface area contributed by atoms with Crippen LogP contribution in [-0.2, 0) is 19.1 Å². The molecule has 2 radical (unpaired) electrons. The van der Waals surface area contributed by atoms with Gasteiger partial charge in [-0.25, -0.2) is 0 Å². The fraction of sp³-hybridized carbons (Fsp3) is 0.600. The van der Waals surface area contributed by atoms with Crippen molar-refractivity contribution in [2.24, 2.45) is 0 Å². The van der Waals surface area contributed by atoms with Gasteiger partial charge in [0.15, 0.2) is 0 Å². The number of esters is 2. The standard InChI is InChI=1S/C5H8O4.Ca/c1-8-4(6)3-5(7)9-2;/h3H2,1-2H3;. The van der Waals surface area contributed by atoms with Gasteiger partial charge in [-0.15, -0.1) is 0 Å². The van der Waals surface area contributed by atoms with E-state index in [1.54, 1.807) is 0 Å². The van der Waals surface area contributed by atoms with Crippen LogP contribution in [-0.4, -0.2) is 63.9 Å². The van der Waals surface area contributed by atoms with Crippen LogP contribution in [0.2, 0.25) is 0 Å². The van der Waals surface area contributed by atoms with Crippen LogP contribution in [0, 0.1) is 0 Å². The van der Waals surface area contributed by atoms with Gasteiger partial charge in [-0.2, -0.15) is 0 Å². The third-order valence-corrected chi connectivity index (χ3v) is 0.744. The number of rotatable bonds is 2. The zero-order chi connectivity index (χ0) is 7.28. The molecule has 0 aliphatic carbocycles. The van der Waals surface area contributed by atoms with E-state index in [1.165, 1.54) is 14.2 Å². The van der Waals surface area contributed by atoms with Crippen LogP contribution >= 0.6 is 0 Å². The molecule has 0 aliphatic rings. The Balaban J connectivity index is 0. The zero-order valence-electron chi connectivity index (χ0n) is 6.05. The van der Waals surface area contributed by atoms with E-state index < -0.39 is 11.9 Å². The number of hydrogen-bond acceptors (Lipinski definition) is 4. The summed E-state index contributed by atoms with van der Waals surface area (Å²) in [5.41, 5.74) is 0. The van der Waals surface area contributed by atoms with Gasteiger partial charge in [0.25, 0.3) is 0 Å². The molecular formula is C5H8CaO4. The van der Waals surface area contributed by atoms with Crippen LogP contribution in [0.15, 0.2) is 0 Å². The normalized spacial score (nSPS) is 7.40. The zero-order valence-corrected chi connectivity index (χ0v) is 8.26. The van der Waals surface area contributed by atoms with Crippen LogP contribution in [0.4, 0.5) is 0 Å². The minimum Gasteiger partial charge on any atom is -0.469 e. The fourth-order valence-electron chi connectivity index (χ4n) is 0.262. The van der Waals surface area contributed by atoms with Crippen molar-refractivity contribution in [3.8, 4) is 0 Å². The number of carbonyl (C=O) groups is 2. The summed E-state index contributed by atoms with van der Waals surface area (Å²) in [5, 5.41) is 0. The Hall–Kier alpha value is 0.200. The first-order chi connectivity index (χ1) is 4.20. The molecule has 10 heavy (non-hydrogen) atoms. The van der Waals surface area contributed by atoms with Crippen molar-refractivity contribution in [1.82, 2.24) is 0 Å². The summed E-state index contributed by atoms with van der Waals surface area (Å²) >= 11 is 0. The molecule has 0 heterocycles. The van der Waals surface area contributed by atoms with Gasteiger partial charge < -0.3 is 9.47 Å². The first-order valence-electron chi connectivity index (χ1n) is 2.34. The van der Waals surface area contributed by atoms with Crippen molar-refractivity contribution in [1.29, 1.82) is 0 Å². The minimum absolute atomic E-state index is 0. The largest absolute Gasteiger partial charge is 0.469 e. The average molecular weight is 172 g/mol. The summed E-state index contributed by atoms with van der Waals surface area (Å²) in [6, 6.07) is 0. The Morgan fingerprint density at radius 1 is 1.10 bits per heavy atom. The van der Waals surface area contributed by atoms with E-state index in [-0.39, 0.29) is 44.2 Å². The van der Waals surface area contributed by atoms with Gasteiger partial charge in [0.05, 0.1) is 14.2 Å². The van der Waals surface area contributed by atoms with Gasteiger partial charge in [0.2, 0.25) is 0 Å². The summed E-state index contributed by atoms with van der Waals surface area (Å²) in [7, 11) is 2.43. The van der Waals surface area contributed by atoms with Gasteiger partial charge in [-0.3, -0.25) is 9.59 Å². The molecule has 0 bridgehead atoms. The smallest absolute Gasteiger partial charge is 0.316 e. The fourth-order valence-corrected chi connectivity index (χ4v) is 0.262. The van der Waals surface area contributed by atoms with E-state index in [0.29, 0.717) is 0 Å². The molecule has 0 aromatic rings. The Bertz CT molecular complexity index is 109. The van der Waals surface area contributed by atoms with Gasteiger partial charge >= 0.3 is 11.9 Å². The van der Waals surface area contributed by atoms with E-state index in [4.69, 9.17) is 0 Å². The summed E-state index contributed by atoms with van der Waals surface area (Å²) in [6.07, 6.45) is -0.312. The first-order valence-corrected chi connectivity index (χ1v) is 2.34. The summed E-state index contributed by atoms with van der Waals surface area (Å²) in [5.74, 6) is -1.16. The van der Waals surface area contributed by atoms with Crippen LogP contribution < -0.4 is 0 Å². The van der Waals surface area contributed by atoms with E-state index in [0.717, 1.165) is 0 Å². The molecule has 54 valence electrons. The summed E-state index contributed by atoms with van der Waals surface area (Å²) in [4.78, 5) is 20.5. The summed E-state index contributed by atoms with van der Waals surface area (Å²) < 4.78 is 8.37. The van der Waals surface area contributed by atoms with E-state index in [2.05, 4.69) is 9.47 Å². The third kappa shape index (κ3) is 6.32. The molecule has 4 nitrogen and oxygen atoms in total. The molecule has 0 fully saturated rings. The van der Waals surface area contributed by atoms with Crippen LogP contribution in [0.3, 0.4) is 0 Å². The number of methoxy groups -OCH3 is 2. The Morgan fingerprint density at radius 3 is 1.60 bits per heavy atom. The quantitative estimate of drug-likeness (QED) is 0.315. The van der Waals surface area contributed by atoms with Crippen molar-refractivity contribution >= 4 is 49.7 Å². The van der Waals surface area contributed by atoms with Crippen molar-refractivity contribution in [3.05, 3.63) is 0 Å². The second-order valence-electron chi connectivity index (χ2n) is 1.33. The Kier molecular flexibility index (Phi) is 9.38. The second kappa shape index (κ2) is 7.31. The molecular weight excluding hydrogens is 164 g/mol. The molecule has 0 amide bonds. The van der Waals surface area contributed by atoms with Crippen molar-refractivity contribution in [3.63, 3.8) is 0 Å². The maximum absolute atomic E-state index is 10.3. The molecule has 0 aromatic heterocycles. The van der Waals surface area contributed by atoms with E-state index in [1.807, 2.05) is 0 Å². The third-order valence-electron chi connectivity index (χ3n) is 0.744. The van der Waals surface area contributed by atoms with Crippen molar-refractivity contribution in [2.75, 3.05) is 14.2 Å². The van der Waals surface area contributed by atoms with Gasteiger partial charge in [-0.1, -0.05) is 0 Å². The molecule has 0 N–H and O–H groups in total. The maximum atomic E-state index is 10.3. The molecule has 0 atom stereocenters. The van der Waals surface area contributed by atoms with Crippen LogP contribution in [0.25, 0.3) is 0 Å². The topological polar surface area (TPSA) is 52.6 Å². The van der Waals surface area contributed by atoms with E-state index >= 15 is 0 Å². The van der Waals surface area contributed by atoms with Gasteiger partial charge in [-0.05, 0) is 0 Å². The Morgan fingerprint density at radius 2 is 1.40 bits per heavy atom. The molecule has 5 heteroatoms. The summed E-state index contributed by atoms with van der Waals surface area (Å²) in [6.45, 7) is 0. The molecule has 0 aliphatic heterocycles. The molecule has 0 unspecified atom stereocenters. The predicted molar refractivity (Wildman–Crippen MR) is 34.4 cm³/mol. The monoisotopic (exact) mass is 172 g/mol.